The summed E-state index contributed by atoms with van der Waals surface area (Å²) < 4.78 is 0. The summed E-state index contributed by atoms with van der Waals surface area (Å²) in [5.74, 6) is -1.48. The van der Waals surface area contributed by atoms with Gasteiger partial charge in [0.05, 0.1) is 12.1 Å². The molecule has 0 aliphatic rings. The lowest BCUT2D eigenvalue weighted by Crippen LogP contribution is -2.46. The van der Waals surface area contributed by atoms with Gasteiger partial charge in [-0.25, -0.2) is 0 Å². The molecule has 0 saturated carbocycles. The number of rotatable bonds is 8. The summed E-state index contributed by atoms with van der Waals surface area (Å²) in [6.45, 7) is 1.90. The van der Waals surface area contributed by atoms with Crippen LogP contribution in [0, 0.1) is 0 Å². The molecule has 6 nitrogen and oxygen atoms in total. The summed E-state index contributed by atoms with van der Waals surface area (Å²) in [5.41, 5.74) is 5.47. The number of aliphatic carboxylic acids is 1. The van der Waals surface area contributed by atoms with Crippen molar-refractivity contribution in [2.45, 2.75) is 44.7 Å². The van der Waals surface area contributed by atoms with Crippen LogP contribution in [0.3, 0.4) is 0 Å². The van der Waals surface area contributed by atoms with E-state index in [0.29, 0.717) is 12.7 Å². The molecule has 0 saturated heterocycles. The summed E-state index contributed by atoms with van der Waals surface area (Å²) in [6, 6.07) is -1.41. The van der Waals surface area contributed by atoms with Crippen LogP contribution in [-0.2, 0) is 14.4 Å². The van der Waals surface area contributed by atoms with Crippen LogP contribution in [0.4, 0.5) is 0 Å². The van der Waals surface area contributed by atoms with E-state index in [0.717, 1.165) is 6.42 Å². The van der Waals surface area contributed by atoms with Gasteiger partial charge in [-0.3, -0.25) is 9.59 Å². The second kappa shape index (κ2) is 7.81. The van der Waals surface area contributed by atoms with Crippen molar-refractivity contribution >= 4 is 18.2 Å². The summed E-state index contributed by atoms with van der Waals surface area (Å²) in [7, 11) is 0. The summed E-state index contributed by atoms with van der Waals surface area (Å²) in [4.78, 5) is 32.2. The predicted octanol–water partition coefficient (Wildman–Crippen LogP) is -0.338. The van der Waals surface area contributed by atoms with Crippen LogP contribution in [0.15, 0.2) is 0 Å². The molecule has 0 aromatic heterocycles. The van der Waals surface area contributed by atoms with Crippen LogP contribution >= 0.6 is 0 Å². The van der Waals surface area contributed by atoms with Crippen molar-refractivity contribution in [3.05, 3.63) is 0 Å². The second-order valence-electron chi connectivity index (χ2n) is 3.58. The number of amides is 1. The number of nitrogens with one attached hydrogen (secondary N) is 1. The van der Waals surface area contributed by atoms with Crippen molar-refractivity contribution in [3.63, 3.8) is 0 Å². The van der Waals surface area contributed by atoms with Crippen molar-refractivity contribution < 1.29 is 19.5 Å². The van der Waals surface area contributed by atoms with E-state index in [2.05, 4.69) is 5.32 Å². The van der Waals surface area contributed by atoms with Crippen LogP contribution in [0.25, 0.3) is 0 Å². The maximum Gasteiger partial charge on any atom is 0.303 e. The fraction of sp³-hybridized carbons (Fsp3) is 0.700. The minimum absolute atomic E-state index is 0.0683. The Labute approximate surface area is 94.2 Å². The maximum absolute atomic E-state index is 11.4. The molecule has 0 bridgehead atoms. The topological polar surface area (TPSA) is 109 Å². The van der Waals surface area contributed by atoms with Gasteiger partial charge in [-0.05, 0) is 12.8 Å². The summed E-state index contributed by atoms with van der Waals surface area (Å²) in [5, 5.41) is 10.9. The standard InChI is InChI=1S/C10H18N2O4/c1-2-3-7(6-13)12-10(16)8(11)4-5-9(14)15/h6-8H,2-5,11H2,1H3,(H,12,16)(H,14,15)/t7-,8-/m0/s1. The zero-order chi connectivity index (χ0) is 12.6. The SMILES string of the molecule is CCC[C@@H](C=O)NC(=O)[C@@H](N)CCC(=O)O. The number of hydrogen-bond donors (Lipinski definition) is 3. The minimum atomic E-state index is -0.997. The Hall–Kier alpha value is -1.43. The molecule has 0 aliphatic heterocycles. The molecule has 6 heteroatoms. The third kappa shape index (κ3) is 6.13. The molecule has 0 radical (unpaired) electrons. The molecule has 0 aliphatic carbocycles. The van der Waals surface area contributed by atoms with E-state index in [-0.39, 0.29) is 12.8 Å². The molecule has 0 spiro atoms. The first-order chi connectivity index (χ1) is 7.51. The Morgan fingerprint density at radius 2 is 2.06 bits per heavy atom. The van der Waals surface area contributed by atoms with E-state index in [4.69, 9.17) is 10.8 Å². The van der Waals surface area contributed by atoms with Gasteiger partial charge in [0, 0.05) is 6.42 Å². The number of hydrogen-bond acceptors (Lipinski definition) is 4. The zero-order valence-corrected chi connectivity index (χ0v) is 9.31. The normalized spacial score (nSPS) is 13.9. The van der Waals surface area contributed by atoms with Crippen molar-refractivity contribution in [3.8, 4) is 0 Å². The van der Waals surface area contributed by atoms with E-state index < -0.39 is 24.0 Å². The molecule has 0 rings (SSSR count). The van der Waals surface area contributed by atoms with Crippen LogP contribution in [0.2, 0.25) is 0 Å². The van der Waals surface area contributed by atoms with Crippen LogP contribution in [0.5, 0.6) is 0 Å². The van der Waals surface area contributed by atoms with E-state index in [1.54, 1.807) is 0 Å². The van der Waals surface area contributed by atoms with Gasteiger partial charge in [-0.2, -0.15) is 0 Å². The highest BCUT2D eigenvalue weighted by Crippen LogP contribution is 1.98. The van der Waals surface area contributed by atoms with Gasteiger partial charge >= 0.3 is 5.97 Å². The van der Waals surface area contributed by atoms with E-state index in [9.17, 15) is 14.4 Å². The van der Waals surface area contributed by atoms with Gasteiger partial charge in [0.25, 0.3) is 0 Å². The Kier molecular flexibility index (Phi) is 7.11. The molecule has 0 aromatic carbocycles. The molecule has 4 N–H and O–H groups in total. The molecule has 0 aromatic rings. The van der Waals surface area contributed by atoms with Gasteiger partial charge < -0.3 is 21.0 Å². The lowest BCUT2D eigenvalue weighted by molar-refractivity contribution is -0.137. The lowest BCUT2D eigenvalue weighted by atomic mass is 10.1. The molecule has 1 amide bonds. The highest BCUT2D eigenvalue weighted by Gasteiger charge is 2.17. The molecular weight excluding hydrogens is 212 g/mol. The van der Waals surface area contributed by atoms with Gasteiger partial charge in [0.1, 0.15) is 6.29 Å². The second-order valence-corrected chi connectivity index (χ2v) is 3.58. The van der Waals surface area contributed by atoms with Gasteiger partial charge in [0.2, 0.25) is 5.91 Å². The summed E-state index contributed by atoms with van der Waals surface area (Å²) >= 11 is 0. The van der Waals surface area contributed by atoms with Gasteiger partial charge in [-0.15, -0.1) is 0 Å². The Bertz CT molecular complexity index is 255. The minimum Gasteiger partial charge on any atom is -0.481 e. The Morgan fingerprint density at radius 1 is 1.44 bits per heavy atom. The van der Waals surface area contributed by atoms with Gasteiger partial charge in [0.15, 0.2) is 0 Å². The fourth-order valence-corrected chi connectivity index (χ4v) is 1.19. The first kappa shape index (κ1) is 14.6. The van der Waals surface area contributed by atoms with Crippen LogP contribution < -0.4 is 11.1 Å². The van der Waals surface area contributed by atoms with E-state index in [1.165, 1.54) is 0 Å². The Balaban J connectivity index is 4.02. The van der Waals surface area contributed by atoms with E-state index >= 15 is 0 Å². The number of nitrogens with two attached hydrogens (primary N) is 1. The van der Waals surface area contributed by atoms with Crippen molar-refractivity contribution in [2.24, 2.45) is 5.73 Å². The molecule has 0 heterocycles. The fourth-order valence-electron chi connectivity index (χ4n) is 1.19. The third-order valence-electron chi connectivity index (χ3n) is 2.10. The van der Waals surface area contributed by atoms with Gasteiger partial charge in [-0.1, -0.05) is 13.3 Å². The molecule has 0 fully saturated rings. The smallest absolute Gasteiger partial charge is 0.303 e. The Morgan fingerprint density at radius 3 is 2.50 bits per heavy atom. The first-order valence-corrected chi connectivity index (χ1v) is 5.24. The molecule has 2 atom stereocenters. The van der Waals surface area contributed by atoms with Crippen molar-refractivity contribution in [1.29, 1.82) is 0 Å². The predicted molar refractivity (Wildman–Crippen MR) is 57.7 cm³/mol. The van der Waals surface area contributed by atoms with Crippen molar-refractivity contribution in [1.82, 2.24) is 5.32 Å². The largest absolute Gasteiger partial charge is 0.481 e. The number of carbonyl (C=O) groups excluding carboxylic acids is 2. The monoisotopic (exact) mass is 230 g/mol. The molecule has 16 heavy (non-hydrogen) atoms. The lowest BCUT2D eigenvalue weighted by Gasteiger charge is -2.15. The number of carboxylic acids is 1. The highest BCUT2D eigenvalue weighted by molar-refractivity contribution is 5.84. The number of carbonyl (C=O) groups is 3. The average Bonchev–Trinajstić information content (AvgIpc) is 2.24. The molecule has 0 unspecified atom stereocenters. The van der Waals surface area contributed by atoms with Crippen molar-refractivity contribution in [2.75, 3.05) is 0 Å². The average molecular weight is 230 g/mol. The molecule has 92 valence electrons. The highest BCUT2D eigenvalue weighted by atomic mass is 16.4. The maximum atomic E-state index is 11.4. The third-order valence-corrected chi connectivity index (χ3v) is 2.10. The first-order valence-electron chi connectivity index (χ1n) is 5.24. The van der Waals surface area contributed by atoms with Crippen LogP contribution in [0.1, 0.15) is 32.6 Å². The molecular formula is C10H18N2O4. The summed E-state index contributed by atoms with van der Waals surface area (Å²) in [6.07, 6.45) is 1.90. The number of aldehydes is 1. The quantitative estimate of drug-likeness (QED) is 0.494. The zero-order valence-electron chi connectivity index (χ0n) is 9.31. The number of carboxylic acid groups (broad SMARTS) is 1. The van der Waals surface area contributed by atoms with E-state index in [1.807, 2.05) is 6.92 Å². The van der Waals surface area contributed by atoms with Crippen LogP contribution in [-0.4, -0.2) is 35.4 Å².